The highest BCUT2D eigenvalue weighted by atomic mass is 35.5. The van der Waals surface area contributed by atoms with Crippen molar-refractivity contribution in [2.75, 3.05) is 73.0 Å². The highest BCUT2D eigenvalue weighted by Crippen LogP contribution is 2.37. The van der Waals surface area contributed by atoms with Crippen LogP contribution in [0.25, 0.3) is 11.0 Å². The number of methoxy groups -OCH3 is 1. The van der Waals surface area contributed by atoms with Gasteiger partial charge in [0.25, 0.3) is 0 Å². The van der Waals surface area contributed by atoms with Gasteiger partial charge >= 0.3 is 0 Å². The van der Waals surface area contributed by atoms with Gasteiger partial charge in [-0.3, -0.25) is 19.6 Å². The first-order valence-corrected chi connectivity index (χ1v) is 17.0. The summed E-state index contributed by atoms with van der Waals surface area (Å²) in [5.74, 6) is 1.20. The first-order chi connectivity index (χ1) is 21.7. The Labute approximate surface area is 267 Å². The number of aryl methyl sites for hydroxylation is 1. The van der Waals surface area contributed by atoms with Crippen LogP contribution in [-0.4, -0.2) is 92.1 Å². The smallest absolute Gasteiger partial charge is 0.229 e. The molecule has 2 aliphatic heterocycles. The van der Waals surface area contributed by atoms with Crippen molar-refractivity contribution in [3.63, 3.8) is 0 Å². The summed E-state index contributed by atoms with van der Waals surface area (Å²) in [6.07, 6.45) is 7.79. The van der Waals surface area contributed by atoms with Crippen LogP contribution >= 0.6 is 11.6 Å². The van der Waals surface area contributed by atoms with Gasteiger partial charge in [-0.15, -0.1) is 0 Å². The van der Waals surface area contributed by atoms with Gasteiger partial charge in [-0.25, -0.2) is 13.4 Å². The molecule has 4 aromatic rings. The minimum atomic E-state index is -3.63. The molecule has 0 radical (unpaired) electrons. The fourth-order valence-electron chi connectivity index (χ4n) is 5.89. The summed E-state index contributed by atoms with van der Waals surface area (Å²) in [6, 6.07) is 8.10. The topological polar surface area (TPSA) is 147 Å². The van der Waals surface area contributed by atoms with Crippen LogP contribution in [0.4, 0.5) is 34.5 Å². The van der Waals surface area contributed by atoms with E-state index in [4.69, 9.17) is 21.1 Å². The number of anilines is 6. The molecule has 6 rings (SSSR count). The molecule has 0 unspecified atom stereocenters. The molecule has 0 saturated carbocycles. The Morgan fingerprint density at radius 2 is 1.76 bits per heavy atom. The number of benzene rings is 2. The largest absolute Gasteiger partial charge is 0.494 e. The molecule has 0 spiro atoms. The van der Waals surface area contributed by atoms with E-state index in [-0.39, 0.29) is 22.5 Å². The molecule has 0 amide bonds. The maximum Gasteiger partial charge on any atom is 0.229 e. The van der Waals surface area contributed by atoms with Crippen molar-refractivity contribution in [2.24, 2.45) is 0 Å². The monoisotopic (exact) mass is 653 g/mol. The zero-order chi connectivity index (χ0) is 31.6. The van der Waals surface area contributed by atoms with E-state index < -0.39 is 10.0 Å². The second-order valence-corrected chi connectivity index (χ2v) is 13.3. The van der Waals surface area contributed by atoms with Gasteiger partial charge in [0, 0.05) is 56.4 Å². The van der Waals surface area contributed by atoms with Crippen LogP contribution in [0, 0.1) is 6.92 Å². The van der Waals surface area contributed by atoms with E-state index in [0.717, 1.165) is 69.7 Å². The van der Waals surface area contributed by atoms with Gasteiger partial charge < -0.3 is 25.0 Å². The lowest BCUT2D eigenvalue weighted by Gasteiger charge is -2.41. The fourth-order valence-corrected chi connectivity index (χ4v) is 6.61. The van der Waals surface area contributed by atoms with Crippen LogP contribution in [0.15, 0.2) is 42.9 Å². The van der Waals surface area contributed by atoms with Crippen LogP contribution in [-0.2, 0) is 14.8 Å². The Bertz CT molecular complexity index is 1800. The number of halogens is 1. The second kappa shape index (κ2) is 13.2. The number of nitrogens with zero attached hydrogens (tertiary/aromatic N) is 6. The van der Waals surface area contributed by atoms with Gasteiger partial charge in [-0.1, -0.05) is 11.6 Å². The summed E-state index contributed by atoms with van der Waals surface area (Å²) < 4.78 is 38.2. The lowest BCUT2D eigenvalue weighted by Crippen LogP contribution is -2.49. The minimum absolute atomic E-state index is 0.231. The molecule has 2 aromatic carbocycles. The summed E-state index contributed by atoms with van der Waals surface area (Å²) in [4.78, 5) is 22.5. The molecule has 2 aromatic heterocycles. The predicted octanol–water partition coefficient (Wildman–Crippen LogP) is 4.55. The molecule has 238 valence electrons. The quantitative estimate of drug-likeness (QED) is 0.233. The van der Waals surface area contributed by atoms with Crippen molar-refractivity contribution in [3.8, 4) is 5.75 Å². The fraction of sp³-hybridized carbons (Fsp3) is 0.400. The van der Waals surface area contributed by atoms with Crippen LogP contribution < -0.4 is 25.0 Å². The van der Waals surface area contributed by atoms with Crippen LogP contribution in [0.3, 0.4) is 0 Å². The van der Waals surface area contributed by atoms with E-state index >= 15 is 0 Å². The molecule has 45 heavy (non-hydrogen) atoms. The lowest BCUT2D eigenvalue weighted by molar-refractivity contribution is 0.0115. The third kappa shape index (κ3) is 7.14. The van der Waals surface area contributed by atoms with Crippen molar-refractivity contribution in [1.29, 1.82) is 0 Å². The van der Waals surface area contributed by atoms with E-state index in [9.17, 15) is 8.42 Å². The second-order valence-electron chi connectivity index (χ2n) is 11.1. The molecule has 2 aliphatic rings. The molecule has 4 heterocycles. The molecule has 2 fully saturated rings. The first-order valence-electron chi connectivity index (χ1n) is 14.7. The molecule has 2 saturated heterocycles. The van der Waals surface area contributed by atoms with E-state index in [2.05, 4.69) is 58.1 Å². The van der Waals surface area contributed by atoms with Gasteiger partial charge in [0.05, 0.1) is 55.4 Å². The van der Waals surface area contributed by atoms with Crippen molar-refractivity contribution in [2.45, 2.75) is 25.8 Å². The maximum absolute atomic E-state index is 12.2. The number of piperidine rings is 1. The zero-order valence-electron chi connectivity index (χ0n) is 25.4. The summed E-state index contributed by atoms with van der Waals surface area (Å²) in [5.41, 5.74) is 4.48. The number of sulfonamides is 1. The molecule has 0 atom stereocenters. The number of hydrogen-bond acceptors (Lipinski definition) is 12. The van der Waals surface area contributed by atoms with E-state index in [0.29, 0.717) is 34.2 Å². The summed E-state index contributed by atoms with van der Waals surface area (Å²) in [6.45, 7) is 7.70. The Kier molecular flexibility index (Phi) is 9.08. The highest BCUT2D eigenvalue weighted by molar-refractivity contribution is 7.92. The van der Waals surface area contributed by atoms with Crippen LogP contribution in [0.1, 0.15) is 18.4 Å². The molecule has 0 aliphatic carbocycles. The summed E-state index contributed by atoms with van der Waals surface area (Å²) >= 11 is 6.48. The Morgan fingerprint density at radius 1 is 1.00 bits per heavy atom. The Balaban J connectivity index is 1.22. The summed E-state index contributed by atoms with van der Waals surface area (Å²) in [7, 11) is -2.00. The van der Waals surface area contributed by atoms with Crippen molar-refractivity contribution >= 4 is 67.2 Å². The number of hydrogen-bond donors (Lipinski definition) is 3. The van der Waals surface area contributed by atoms with Gasteiger partial charge in [-0.2, -0.15) is 4.98 Å². The van der Waals surface area contributed by atoms with E-state index in [1.807, 2.05) is 6.07 Å². The molecular formula is C30H36ClN9O4S. The predicted molar refractivity (Wildman–Crippen MR) is 177 cm³/mol. The SMILES string of the molecule is COc1cc(N2CCC(N3CCOCC3)CC2)c(C)cc1Nc1ncc(Cl)c(Nc2ccc3nccnc3c2NS(C)(=O)=O)n1. The van der Waals surface area contributed by atoms with Crippen LogP contribution in [0.5, 0.6) is 5.75 Å². The van der Waals surface area contributed by atoms with Crippen molar-refractivity contribution in [1.82, 2.24) is 24.8 Å². The Morgan fingerprint density at radius 3 is 2.49 bits per heavy atom. The normalized spacial score (nSPS) is 16.5. The summed E-state index contributed by atoms with van der Waals surface area (Å²) in [5, 5.41) is 6.64. The van der Waals surface area contributed by atoms with E-state index in [1.165, 1.54) is 18.6 Å². The number of fused-ring (bicyclic) bond motifs is 1. The lowest BCUT2D eigenvalue weighted by atomic mass is 10.0. The van der Waals surface area contributed by atoms with Gasteiger partial charge in [0.1, 0.15) is 16.3 Å². The third-order valence-electron chi connectivity index (χ3n) is 8.06. The van der Waals surface area contributed by atoms with Crippen LogP contribution in [0.2, 0.25) is 5.02 Å². The third-order valence-corrected chi connectivity index (χ3v) is 8.91. The average molecular weight is 654 g/mol. The number of ether oxygens (including phenoxy) is 2. The number of aromatic nitrogens is 4. The molecule has 0 bridgehead atoms. The standard InChI is InChI=1S/C30H36ClN9O4S/c1-19-16-24(26(43-2)17-25(19)40-10-6-20(7-11-40)39-12-14-44-15-13-39)36-30-34-18-21(31)29(37-30)35-23-5-4-22-27(33-9-8-32-22)28(23)38-45(3,41)42/h4-5,8-9,16-18,20,38H,6-7,10-15H2,1-3H3,(H2,34,35,36,37). The molecule has 15 heteroatoms. The maximum atomic E-state index is 12.2. The van der Waals surface area contributed by atoms with Gasteiger partial charge in [0.15, 0.2) is 5.82 Å². The number of rotatable bonds is 9. The number of morpholine rings is 1. The highest BCUT2D eigenvalue weighted by Gasteiger charge is 2.27. The molecular weight excluding hydrogens is 618 g/mol. The first kappa shape index (κ1) is 31.0. The Hall–Kier alpha value is -3.98. The van der Waals surface area contributed by atoms with E-state index in [1.54, 1.807) is 19.2 Å². The zero-order valence-corrected chi connectivity index (χ0v) is 27.0. The average Bonchev–Trinajstić information content (AvgIpc) is 3.04. The molecule has 13 nitrogen and oxygen atoms in total. The molecule has 3 N–H and O–H groups in total. The number of nitrogens with one attached hydrogen (secondary N) is 3. The van der Waals surface area contributed by atoms with Gasteiger partial charge in [0.2, 0.25) is 16.0 Å². The van der Waals surface area contributed by atoms with Crippen molar-refractivity contribution < 1.29 is 17.9 Å². The minimum Gasteiger partial charge on any atom is -0.494 e. The van der Waals surface area contributed by atoms with Crippen molar-refractivity contribution in [3.05, 3.63) is 53.4 Å². The van der Waals surface area contributed by atoms with Gasteiger partial charge in [-0.05, 0) is 43.5 Å².